The molecule has 8 heteroatoms. The Hall–Kier alpha value is -4.04. The van der Waals surface area contributed by atoms with E-state index in [1.165, 1.54) is 40.5 Å². The molecule has 32 heavy (non-hydrogen) atoms. The van der Waals surface area contributed by atoms with E-state index in [1.807, 2.05) is 6.07 Å². The monoisotopic (exact) mass is 444 g/mol. The van der Waals surface area contributed by atoms with Crippen molar-refractivity contribution in [3.63, 3.8) is 0 Å². The van der Waals surface area contributed by atoms with E-state index >= 15 is 0 Å². The molecule has 160 valence electrons. The van der Waals surface area contributed by atoms with Gasteiger partial charge in [-0.3, -0.25) is 9.10 Å². The fraction of sp³-hybridized carbons (Fsp3) is 0.0417. The third kappa shape index (κ3) is 4.21. The highest BCUT2D eigenvalue weighted by Crippen LogP contribution is 2.26. The number of amides is 1. The third-order valence-corrected chi connectivity index (χ3v) is 6.64. The van der Waals surface area contributed by atoms with Crippen LogP contribution in [0.5, 0.6) is 0 Å². The molecule has 0 radical (unpaired) electrons. The average molecular weight is 445 g/mol. The van der Waals surface area contributed by atoms with E-state index in [9.17, 15) is 13.2 Å². The predicted octanol–water partition coefficient (Wildman–Crippen LogP) is 4.28. The SMILES string of the molecule is CN(c1ccccc1)S(=O)(=O)c1ccc(C(=O)N(c2ccccn2)c2ccccn2)cc1. The number of nitrogens with zero attached hydrogens (tertiary/aromatic N) is 4. The summed E-state index contributed by atoms with van der Waals surface area (Å²) in [6.45, 7) is 0. The van der Waals surface area contributed by atoms with Crippen LogP contribution in [0.15, 0.2) is 108 Å². The van der Waals surface area contributed by atoms with Crippen LogP contribution in [-0.4, -0.2) is 31.3 Å². The van der Waals surface area contributed by atoms with Crippen molar-refractivity contribution in [2.45, 2.75) is 4.90 Å². The zero-order chi connectivity index (χ0) is 22.6. The second kappa shape index (κ2) is 8.99. The molecule has 2 aromatic carbocycles. The summed E-state index contributed by atoms with van der Waals surface area (Å²) in [5.74, 6) is 0.455. The van der Waals surface area contributed by atoms with E-state index in [2.05, 4.69) is 9.97 Å². The van der Waals surface area contributed by atoms with Gasteiger partial charge in [0.25, 0.3) is 15.9 Å². The lowest BCUT2D eigenvalue weighted by Crippen LogP contribution is -2.28. The lowest BCUT2D eigenvalue weighted by molar-refractivity contribution is 0.0998. The van der Waals surface area contributed by atoms with Crippen molar-refractivity contribution in [3.8, 4) is 0 Å². The molecule has 0 aliphatic heterocycles. The van der Waals surface area contributed by atoms with Crippen molar-refractivity contribution >= 4 is 33.3 Å². The number of pyridine rings is 2. The first-order valence-corrected chi connectivity index (χ1v) is 11.2. The lowest BCUT2D eigenvalue weighted by Gasteiger charge is -2.21. The highest BCUT2D eigenvalue weighted by Gasteiger charge is 2.24. The predicted molar refractivity (Wildman–Crippen MR) is 123 cm³/mol. The summed E-state index contributed by atoms with van der Waals surface area (Å²) in [6, 6.07) is 25.1. The second-order valence-corrected chi connectivity index (χ2v) is 8.82. The van der Waals surface area contributed by atoms with Gasteiger partial charge in [-0.15, -0.1) is 0 Å². The molecule has 0 N–H and O–H groups in total. The molecule has 0 aliphatic carbocycles. The first-order chi connectivity index (χ1) is 15.5. The number of para-hydroxylation sites is 1. The van der Waals surface area contributed by atoms with Crippen molar-refractivity contribution < 1.29 is 13.2 Å². The zero-order valence-corrected chi connectivity index (χ0v) is 18.1. The van der Waals surface area contributed by atoms with Crippen molar-refractivity contribution in [1.82, 2.24) is 9.97 Å². The summed E-state index contributed by atoms with van der Waals surface area (Å²) >= 11 is 0. The number of carbonyl (C=O) groups is 1. The Kier molecular flexibility index (Phi) is 5.96. The first kappa shape index (κ1) is 21.2. The standard InChI is InChI=1S/C24H20N4O3S/c1-27(20-9-3-2-4-10-20)32(30,31)21-15-13-19(14-16-21)24(29)28(22-11-5-7-17-25-22)23-12-6-8-18-26-23/h2-18H,1H3. The van der Waals surface area contributed by atoms with E-state index in [0.717, 1.165) is 0 Å². The molecule has 0 aliphatic rings. The largest absolute Gasteiger partial charge is 0.269 e. The maximum absolute atomic E-state index is 13.3. The molecule has 0 atom stereocenters. The second-order valence-electron chi connectivity index (χ2n) is 6.85. The number of hydrogen-bond donors (Lipinski definition) is 0. The molecule has 2 heterocycles. The maximum atomic E-state index is 13.3. The van der Waals surface area contributed by atoms with E-state index in [4.69, 9.17) is 0 Å². The molecule has 0 saturated heterocycles. The van der Waals surface area contributed by atoms with Gasteiger partial charge in [0, 0.05) is 25.0 Å². The fourth-order valence-electron chi connectivity index (χ4n) is 3.13. The van der Waals surface area contributed by atoms with Gasteiger partial charge < -0.3 is 0 Å². The van der Waals surface area contributed by atoms with Gasteiger partial charge in [-0.25, -0.2) is 23.3 Å². The van der Waals surface area contributed by atoms with Crippen LogP contribution in [0.3, 0.4) is 0 Å². The van der Waals surface area contributed by atoms with E-state index in [1.54, 1.807) is 73.1 Å². The number of hydrogen-bond acceptors (Lipinski definition) is 5. The minimum absolute atomic E-state index is 0.0858. The lowest BCUT2D eigenvalue weighted by atomic mass is 10.2. The minimum Gasteiger partial charge on any atom is -0.269 e. The smallest absolute Gasteiger partial charge is 0.265 e. The van der Waals surface area contributed by atoms with Gasteiger partial charge in [0.05, 0.1) is 10.6 Å². The molecular weight excluding hydrogens is 424 g/mol. The number of sulfonamides is 1. The van der Waals surface area contributed by atoms with Gasteiger partial charge in [-0.2, -0.15) is 0 Å². The van der Waals surface area contributed by atoms with Crippen molar-refractivity contribution in [2.75, 3.05) is 16.3 Å². The highest BCUT2D eigenvalue weighted by atomic mass is 32.2. The van der Waals surface area contributed by atoms with Crippen LogP contribution in [0.1, 0.15) is 10.4 Å². The molecule has 1 amide bonds. The van der Waals surface area contributed by atoms with Crippen molar-refractivity contribution in [1.29, 1.82) is 0 Å². The summed E-state index contributed by atoms with van der Waals surface area (Å²) in [5, 5.41) is 0. The number of anilines is 3. The normalized spacial score (nSPS) is 11.0. The van der Waals surface area contributed by atoms with Gasteiger partial charge >= 0.3 is 0 Å². The molecule has 0 saturated carbocycles. The summed E-state index contributed by atoms with van der Waals surface area (Å²) in [7, 11) is -2.28. The number of benzene rings is 2. The molecule has 0 bridgehead atoms. The van der Waals surface area contributed by atoms with Gasteiger partial charge in [-0.1, -0.05) is 30.3 Å². The van der Waals surface area contributed by atoms with E-state index < -0.39 is 10.0 Å². The molecule has 7 nitrogen and oxygen atoms in total. The van der Waals surface area contributed by atoms with Crippen molar-refractivity contribution in [2.24, 2.45) is 0 Å². The Balaban J connectivity index is 1.66. The highest BCUT2D eigenvalue weighted by molar-refractivity contribution is 7.92. The third-order valence-electron chi connectivity index (χ3n) is 4.84. The quantitative estimate of drug-likeness (QED) is 0.443. The van der Waals surface area contributed by atoms with Gasteiger partial charge in [0.1, 0.15) is 11.6 Å². The van der Waals surface area contributed by atoms with Crippen molar-refractivity contribution in [3.05, 3.63) is 109 Å². The summed E-state index contributed by atoms with van der Waals surface area (Å²) in [6.07, 6.45) is 3.18. The van der Waals surface area contributed by atoms with Crippen LogP contribution in [0.25, 0.3) is 0 Å². The number of aromatic nitrogens is 2. The summed E-state index contributed by atoms with van der Waals surface area (Å²) in [5.41, 5.74) is 0.853. The van der Waals surface area contributed by atoms with Gasteiger partial charge in [0.2, 0.25) is 0 Å². The van der Waals surface area contributed by atoms with Gasteiger partial charge in [-0.05, 0) is 60.7 Å². The minimum atomic E-state index is -3.78. The molecular formula is C24H20N4O3S. The molecule has 4 rings (SSSR count). The average Bonchev–Trinajstić information content (AvgIpc) is 2.85. The van der Waals surface area contributed by atoms with E-state index in [0.29, 0.717) is 22.9 Å². The Morgan fingerprint density at radius 2 is 1.25 bits per heavy atom. The molecule has 0 spiro atoms. The molecule has 0 unspecified atom stereocenters. The Morgan fingerprint density at radius 3 is 1.75 bits per heavy atom. The molecule has 0 fully saturated rings. The molecule has 2 aromatic heterocycles. The fourth-order valence-corrected chi connectivity index (χ4v) is 4.33. The summed E-state index contributed by atoms with van der Waals surface area (Å²) in [4.78, 5) is 23.4. The zero-order valence-electron chi connectivity index (χ0n) is 17.2. The van der Waals surface area contributed by atoms with Crippen LogP contribution in [0.2, 0.25) is 0 Å². The van der Waals surface area contributed by atoms with Gasteiger partial charge in [0.15, 0.2) is 0 Å². The maximum Gasteiger partial charge on any atom is 0.265 e. The number of rotatable bonds is 6. The van der Waals surface area contributed by atoms with E-state index in [-0.39, 0.29) is 10.8 Å². The number of carbonyl (C=O) groups excluding carboxylic acids is 1. The van der Waals surface area contributed by atoms with Crippen LogP contribution < -0.4 is 9.21 Å². The van der Waals surface area contributed by atoms with Crippen LogP contribution in [0.4, 0.5) is 17.3 Å². The molecule has 4 aromatic rings. The Labute approximate surface area is 186 Å². The van der Waals surface area contributed by atoms with Crippen LogP contribution >= 0.6 is 0 Å². The first-order valence-electron chi connectivity index (χ1n) is 9.79. The van der Waals surface area contributed by atoms with Crippen LogP contribution in [-0.2, 0) is 10.0 Å². The Morgan fingerprint density at radius 1 is 0.719 bits per heavy atom. The van der Waals surface area contributed by atoms with Crippen LogP contribution in [0, 0.1) is 0 Å². The topological polar surface area (TPSA) is 83.5 Å². The Bertz CT molecular complexity index is 1260. The summed E-state index contributed by atoms with van der Waals surface area (Å²) < 4.78 is 27.2.